The summed E-state index contributed by atoms with van der Waals surface area (Å²) in [7, 11) is 0. The Kier molecular flexibility index (Phi) is 1.66. The monoisotopic (exact) mass is 141 g/mol. The Morgan fingerprint density at radius 1 is 1.30 bits per heavy atom. The third kappa shape index (κ3) is 1.70. The summed E-state index contributed by atoms with van der Waals surface area (Å²) in [5.41, 5.74) is 0. The molecule has 0 spiro atoms. The molecule has 2 nitrogen and oxygen atoms in total. The van der Waals surface area contributed by atoms with Crippen LogP contribution in [-0.2, 0) is 0 Å². The molecule has 2 N–H and O–H groups in total. The molecule has 2 rings (SSSR count). The molecule has 58 valence electrons. The Bertz CT molecular complexity index is 122. The highest BCUT2D eigenvalue weighted by atomic mass is 16.3. The maximum absolute atomic E-state index is 8.97. The molecule has 0 radical (unpaired) electrons. The van der Waals surface area contributed by atoms with Crippen molar-refractivity contribution in [3.63, 3.8) is 0 Å². The minimum atomic E-state index is 0.0201. The molecule has 2 heteroatoms. The first kappa shape index (κ1) is 6.62. The maximum atomic E-state index is 8.97. The standard InChI is InChI=1S/C8H15NO/c10-8-3-7(8)5-9-4-6-1-2-6/h6-10H,1-5H2. The lowest BCUT2D eigenvalue weighted by Gasteiger charge is -1.99. The fourth-order valence-corrected chi connectivity index (χ4v) is 1.25. The first-order chi connectivity index (χ1) is 4.86. The Morgan fingerprint density at radius 2 is 2.00 bits per heavy atom. The molecule has 0 amide bonds. The summed E-state index contributed by atoms with van der Waals surface area (Å²) in [6, 6.07) is 0. The van der Waals surface area contributed by atoms with Gasteiger partial charge in [-0.15, -0.1) is 0 Å². The van der Waals surface area contributed by atoms with E-state index in [1.165, 1.54) is 19.4 Å². The highest BCUT2D eigenvalue weighted by Crippen LogP contribution is 2.30. The van der Waals surface area contributed by atoms with Gasteiger partial charge in [-0.05, 0) is 37.6 Å². The van der Waals surface area contributed by atoms with E-state index in [4.69, 9.17) is 5.11 Å². The van der Waals surface area contributed by atoms with Gasteiger partial charge in [0.1, 0.15) is 0 Å². The van der Waals surface area contributed by atoms with Gasteiger partial charge in [0.05, 0.1) is 6.10 Å². The van der Waals surface area contributed by atoms with Gasteiger partial charge >= 0.3 is 0 Å². The summed E-state index contributed by atoms with van der Waals surface area (Å²) in [6.07, 6.45) is 3.88. The number of nitrogens with one attached hydrogen (secondary N) is 1. The molecule has 0 aliphatic heterocycles. The molecule has 10 heavy (non-hydrogen) atoms. The molecule has 2 aliphatic carbocycles. The number of aliphatic hydroxyl groups is 1. The molecule has 0 saturated heterocycles. The maximum Gasteiger partial charge on any atom is 0.0585 e. The van der Waals surface area contributed by atoms with Gasteiger partial charge in [0.15, 0.2) is 0 Å². The number of hydrogen-bond donors (Lipinski definition) is 2. The highest BCUT2D eigenvalue weighted by Gasteiger charge is 2.34. The van der Waals surface area contributed by atoms with E-state index >= 15 is 0 Å². The van der Waals surface area contributed by atoms with Gasteiger partial charge in [0, 0.05) is 6.54 Å². The third-order valence-electron chi connectivity index (χ3n) is 2.42. The van der Waals surface area contributed by atoms with Gasteiger partial charge < -0.3 is 10.4 Å². The van der Waals surface area contributed by atoms with Crippen LogP contribution in [0.15, 0.2) is 0 Å². The number of rotatable bonds is 4. The fraction of sp³-hybridized carbons (Fsp3) is 1.00. The van der Waals surface area contributed by atoms with Crippen molar-refractivity contribution < 1.29 is 5.11 Å². The van der Waals surface area contributed by atoms with E-state index in [-0.39, 0.29) is 6.10 Å². The molecule has 2 fully saturated rings. The van der Waals surface area contributed by atoms with Crippen LogP contribution in [0.25, 0.3) is 0 Å². The molecular weight excluding hydrogens is 126 g/mol. The molecule has 0 aromatic rings. The molecule has 2 unspecified atom stereocenters. The summed E-state index contributed by atoms with van der Waals surface area (Å²) in [6.45, 7) is 2.22. The topological polar surface area (TPSA) is 32.3 Å². The van der Waals surface area contributed by atoms with Crippen molar-refractivity contribution in [1.29, 1.82) is 0 Å². The van der Waals surface area contributed by atoms with Crippen molar-refractivity contribution in [2.24, 2.45) is 11.8 Å². The minimum Gasteiger partial charge on any atom is -0.393 e. The van der Waals surface area contributed by atoms with Gasteiger partial charge in [0.25, 0.3) is 0 Å². The Hall–Kier alpha value is -0.0800. The molecule has 0 heterocycles. The zero-order valence-electron chi connectivity index (χ0n) is 6.21. The zero-order chi connectivity index (χ0) is 6.97. The summed E-state index contributed by atoms with van der Waals surface area (Å²) < 4.78 is 0. The number of aliphatic hydroxyl groups excluding tert-OH is 1. The molecule has 0 bridgehead atoms. The van der Waals surface area contributed by atoms with Crippen molar-refractivity contribution in [2.45, 2.75) is 25.4 Å². The van der Waals surface area contributed by atoms with Crippen molar-refractivity contribution in [2.75, 3.05) is 13.1 Å². The molecule has 2 atom stereocenters. The van der Waals surface area contributed by atoms with Crippen molar-refractivity contribution in [1.82, 2.24) is 5.32 Å². The van der Waals surface area contributed by atoms with Crippen LogP contribution in [0, 0.1) is 11.8 Å². The lowest BCUT2D eigenvalue weighted by molar-refractivity contribution is 0.258. The molecule has 2 aliphatic rings. The van der Waals surface area contributed by atoms with E-state index in [0.29, 0.717) is 5.92 Å². The second kappa shape index (κ2) is 2.51. The van der Waals surface area contributed by atoms with Gasteiger partial charge in [-0.3, -0.25) is 0 Å². The predicted octanol–water partition coefficient (Wildman–Crippen LogP) is 0.367. The summed E-state index contributed by atoms with van der Waals surface area (Å²) >= 11 is 0. The van der Waals surface area contributed by atoms with Crippen LogP contribution in [0.2, 0.25) is 0 Å². The van der Waals surface area contributed by atoms with Crippen LogP contribution in [0.1, 0.15) is 19.3 Å². The van der Waals surface area contributed by atoms with Gasteiger partial charge in [-0.25, -0.2) is 0 Å². The zero-order valence-corrected chi connectivity index (χ0v) is 6.21. The van der Waals surface area contributed by atoms with Gasteiger partial charge in [-0.1, -0.05) is 0 Å². The third-order valence-corrected chi connectivity index (χ3v) is 2.42. The van der Waals surface area contributed by atoms with E-state index in [9.17, 15) is 0 Å². The first-order valence-electron chi connectivity index (χ1n) is 4.25. The van der Waals surface area contributed by atoms with E-state index < -0.39 is 0 Å². The smallest absolute Gasteiger partial charge is 0.0585 e. The quantitative estimate of drug-likeness (QED) is 0.592. The second-order valence-electron chi connectivity index (χ2n) is 3.66. The molecule has 0 aromatic heterocycles. The van der Waals surface area contributed by atoms with Crippen molar-refractivity contribution >= 4 is 0 Å². The number of hydrogen-bond acceptors (Lipinski definition) is 2. The van der Waals surface area contributed by atoms with Gasteiger partial charge in [0.2, 0.25) is 0 Å². The largest absolute Gasteiger partial charge is 0.393 e. The molecule has 2 saturated carbocycles. The van der Waals surface area contributed by atoms with E-state index in [1.807, 2.05) is 0 Å². The summed E-state index contributed by atoms with van der Waals surface area (Å²) in [4.78, 5) is 0. The average molecular weight is 141 g/mol. The molecule has 0 aromatic carbocycles. The van der Waals surface area contributed by atoms with E-state index in [1.54, 1.807) is 0 Å². The molecular formula is C8H15NO. The van der Waals surface area contributed by atoms with E-state index in [0.717, 1.165) is 18.9 Å². The average Bonchev–Trinajstić information content (AvgIpc) is 2.73. The lowest BCUT2D eigenvalue weighted by Crippen LogP contribution is -2.20. The SMILES string of the molecule is OC1CC1CNCC1CC1. The normalized spacial score (nSPS) is 38.1. The Labute approximate surface area is 61.6 Å². The van der Waals surface area contributed by atoms with Crippen molar-refractivity contribution in [3.8, 4) is 0 Å². The van der Waals surface area contributed by atoms with Crippen LogP contribution in [0.5, 0.6) is 0 Å². The predicted molar refractivity (Wildman–Crippen MR) is 39.7 cm³/mol. The summed E-state index contributed by atoms with van der Waals surface area (Å²) in [5.74, 6) is 1.55. The van der Waals surface area contributed by atoms with Crippen LogP contribution < -0.4 is 5.32 Å². The van der Waals surface area contributed by atoms with Crippen LogP contribution in [0.3, 0.4) is 0 Å². The Morgan fingerprint density at radius 3 is 2.50 bits per heavy atom. The summed E-state index contributed by atoms with van der Waals surface area (Å²) in [5, 5.41) is 12.3. The van der Waals surface area contributed by atoms with Crippen molar-refractivity contribution in [3.05, 3.63) is 0 Å². The highest BCUT2D eigenvalue weighted by molar-refractivity contribution is 4.88. The van der Waals surface area contributed by atoms with Gasteiger partial charge in [-0.2, -0.15) is 0 Å². The lowest BCUT2D eigenvalue weighted by atomic mass is 10.3. The first-order valence-corrected chi connectivity index (χ1v) is 4.25. The Balaban J connectivity index is 1.48. The fourth-order valence-electron chi connectivity index (χ4n) is 1.25. The van der Waals surface area contributed by atoms with Crippen LogP contribution in [-0.4, -0.2) is 24.3 Å². The van der Waals surface area contributed by atoms with E-state index in [2.05, 4.69) is 5.32 Å². The second-order valence-corrected chi connectivity index (χ2v) is 3.66. The van der Waals surface area contributed by atoms with Crippen LogP contribution in [0.4, 0.5) is 0 Å². The minimum absolute atomic E-state index is 0.0201. The van der Waals surface area contributed by atoms with Crippen LogP contribution >= 0.6 is 0 Å².